The minimum absolute atomic E-state index is 0.282. The van der Waals surface area contributed by atoms with Gasteiger partial charge in [-0.05, 0) is 12.8 Å². The molecule has 0 aromatic heterocycles. The van der Waals surface area contributed by atoms with E-state index in [9.17, 15) is 9.59 Å². The van der Waals surface area contributed by atoms with E-state index in [0.29, 0.717) is 6.42 Å². The van der Waals surface area contributed by atoms with E-state index < -0.39 is 18.0 Å². The molecule has 0 spiro atoms. The minimum atomic E-state index is -0.915. The van der Waals surface area contributed by atoms with Gasteiger partial charge >= 0.3 is 11.9 Å². The maximum Gasteiger partial charge on any atom is 0.320 e. The van der Waals surface area contributed by atoms with Crippen molar-refractivity contribution >= 4 is 11.9 Å². The minimum Gasteiger partial charge on any atom is -0.481 e. The van der Waals surface area contributed by atoms with Gasteiger partial charge in [-0.25, -0.2) is 0 Å². The Bertz CT molecular complexity index is 256. The topological polar surface area (TPSA) is 101 Å². The van der Waals surface area contributed by atoms with Crippen LogP contribution in [0, 0.1) is 0 Å². The Balaban J connectivity index is 3.11. The molecule has 0 aliphatic carbocycles. The average molecular weight is 273 g/mol. The molecule has 0 saturated carbocycles. The second kappa shape index (κ2) is 12.0. The summed E-state index contributed by atoms with van der Waals surface area (Å²) < 4.78 is 0. The van der Waals surface area contributed by atoms with Crippen molar-refractivity contribution in [3.8, 4) is 0 Å². The number of carboxylic acid groups (broad SMARTS) is 2. The highest BCUT2D eigenvalue weighted by atomic mass is 16.4. The van der Waals surface area contributed by atoms with E-state index in [1.54, 1.807) is 0 Å². The Morgan fingerprint density at radius 1 is 0.789 bits per heavy atom. The lowest BCUT2D eigenvalue weighted by Gasteiger charge is -2.05. The number of carboxylic acids is 2. The number of nitrogens with two attached hydrogens (primary N) is 1. The van der Waals surface area contributed by atoms with Crippen LogP contribution in [0.3, 0.4) is 0 Å². The highest BCUT2D eigenvalue weighted by Gasteiger charge is 2.09. The first-order valence-electron chi connectivity index (χ1n) is 7.24. The lowest BCUT2D eigenvalue weighted by Crippen LogP contribution is -2.29. The van der Waals surface area contributed by atoms with Crippen molar-refractivity contribution in [1.82, 2.24) is 0 Å². The third kappa shape index (κ3) is 13.1. The molecule has 0 heterocycles. The fraction of sp³-hybridized carbons (Fsp3) is 0.857. The summed E-state index contributed by atoms with van der Waals surface area (Å²) in [4.78, 5) is 20.8. The molecule has 0 fully saturated rings. The van der Waals surface area contributed by atoms with E-state index in [2.05, 4.69) is 0 Å². The fourth-order valence-corrected chi connectivity index (χ4v) is 2.00. The fourth-order valence-electron chi connectivity index (χ4n) is 2.00. The quantitative estimate of drug-likeness (QED) is 0.448. The first-order valence-corrected chi connectivity index (χ1v) is 7.24. The largest absolute Gasteiger partial charge is 0.481 e. The van der Waals surface area contributed by atoms with Gasteiger partial charge < -0.3 is 15.9 Å². The molecular formula is C14H27NO4. The number of hydrogen-bond acceptors (Lipinski definition) is 3. The smallest absolute Gasteiger partial charge is 0.320 e. The third-order valence-corrected chi connectivity index (χ3v) is 3.22. The van der Waals surface area contributed by atoms with Crippen LogP contribution in [0.5, 0.6) is 0 Å². The Morgan fingerprint density at radius 2 is 1.21 bits per heavy atom. The molecule has 5 nitrogen and oxygen atoms in total. The Morgan fingerprint density at radius 3 is 1.63 bits per heavy atom. The van der Waals surface area contributed by atoms with Gasteiger partial charge in [0.05, 0.1) is 0 Å². The maximum atomic E-state index is 10.5. The van der Waals surface area contributed by atoms with Gasteiger partial charge in [0.2, 0.25) is 0 Å². The zero-order valence-corrected chi connectivity index (χ0v) is 11.6. The first kappa shape index (κ1) is 17.9. The third-order valence-electron chi connectivity index (χ3n) is 3.22. The molecule has 112 valence electrons. The van der Waals surface area contributed by atoms with Gasteiger partial charge in [-0.1, -0.05) is 51.4 Å². The van der Waals surface area contributed by atoms with Crippen molar-refractivity contribution in [3.05, 3.63) is 0 Å². The lowest BCUT2D eigenvalue weighted by molar-refractivity contribution is -0.139. The number of rotatable bonds is 13. The van der Waals surface area contributed by atoms with Crippen LogP contribution >= 0.6 is 0 Å². The predicted octanol–water partition coefficient (Wildman–Crippen LogP) is 2.77. The van der Waals surface area contributed by atoms with Crippen molar-refractivity contribution in [1.29, 1.82) is 0 Å². The van der Waals surface area contributed by atoms with Crippen LogP contribution in [0.2, 0.25) is 0 Å². The summed E-state index contributed by atoms with van der Waals surface area (Å²) in [5, 5.41) is 17.1. The summed E-state index contributed by atoms with van der Waals surface area (Å²) in [5.41, 5.74) is 5.41. The van der Waals surface area contributed by atoms with E-state index >= 15 is 0 Å². The number of unbranched alkanes of at least 4 members (excludes halogenated alkanes) is 8. The maximum absolute atomic E-state index is 10.5. The van der Waals surface area contributed by atoms with Crippen molar-refractivity contribution < 1.29 is 19.8 Å². The summed E-state index contributed by atoms with van der Waals surface area (Å²) >= 11 is 0. The molecule has 19 heavy (non-hydrogen) atoms. The zero-order valence-electron chi connectivity index (χ0n) is 11.6. The molecule has 1 atom stereocenters. The SMILES string of the molecule is NC(CCCCCCCCCCCC(=O)O)C(=O)O. The normalized spacial score (nSPS) is 12.3. The van der Waals surface area contributed by atoms with Gasteiger partial charge in [-0.15, -0.1) is 0 Å². The number of aliphatic carboxylic acids is 2. The van der Waals surface area contributed by atoms with Crippen LogP contribution in [0.25, 0.3) is 0 Å². The zero-order chi connectivity index (χ0) is 14.5. The molecule has 0 aromatic carbocycles. The Kier molecular flexibility index (Phi) is 11.3. The summed E-state index contributed by atoms with van der Waals surface area (Å²) in [7, 11) is 0. The van der Waals surface area contributed by atoms with E-state index in [1.807, 2.05) is 0 Å². The summed E-state index contributed by atoms with van der Waals surface area (Å²) in [5.74, 6) is -1.62. The van der Waals surface area contributed by atoms with Crippen molar-refractivity contribution in [3.63, 3.8) is 0 Å². The van der Waals surface area contributed by atoms with Gasteiger partial charge in [0, 0.05) is 6.42 Å². The molecule has 0 radical (unpaired) electrons. The molecule has 0 aliphatic heterocycles. The van der Waals surface area contributed by atoms with Gasteiger partial charge in [-0.3, -0.25) is 9.59 Å². The highest BCUT2D eigenvalue weighted by molar-refractivity contribution is 5.72. The standard InChI is InChI=1S/C14H27NO4/c15-12(14(18)19)10-8-6-4-2-1-3-5-7-9-11-13(16)17/h12H,1-11,15H2,(H,16,17)(H,18,19). The molecule has 0 amide bonds. The van der Waals surface area contributed by atoms with Crippen LogP contribution in [-0.2, 0) is 9.59 Å². The van der Waals surface area contributed by atoms with Gasteiger partial charge in [0.25, 0.3) is 0 Å². The second-order valence-corrected chi connectivity index (χ2v) is 5.06. The molecule has 0 bridgehead atoms. The van der Waals surface area contributed by atoms with Gasteiger partial charge in [0.15, 0.2) is 0 Å². The van der Waals surface area contributed by atoms with Gasteiger partial charge in [0.1, 0.15) is 6.04 Å². The molecule has 0 aromatic rings. The van der Waals surface area contributed by atoms with E-state index in [0.717, 1.165) is 44.9 Å². The van der Waals surface area contributed by atoms with E-state index in [1.165, 1.54) is 12.8 Å². The number of hydrogen-bond donors (Lipinski definition) is 3. The molecule has 5 heteroatoms. The summed E-state index contributed by atoms with van der Waals surface area (Å²) in [6, 6.07) is -0.714. The monoisotopic (exact) mass is 273 g/mol. The Labute approximate surface area is 115 Å². The second-order valence-electron chi connectivity index (χ2n) is 5.06. The highest BCUT2D eigenvalue weighted by Crippen LogP contribution is 2.11. The molecule has 0 saturated heterocycles. The van der Waals surface area contributed by atoms with Gasteiger partial charge in [-0.2, -0.15) is 0 Å². The average Bonchev–Trinajstić information content (AvgIpc) is 2.35. The lowest BCUT2D eigenvalue weighted by atomic mass is 10.0. The van der Waals surface area contributed by atoms with E-state index in [4.69, 9.17) is 15.9 Å². The van der Waals surface area contributed by atoms with Crippen LogP contribution in [0.1, 0.15) is 70.6 Å². The molecule has 0 rings (SSSR count). The van der Waals surface area contributed by atoms with Crippen molar-refractivity contribution in [2.24, 2.45) is 5.73 Å². The summed E-state index contributed by atoms with van der Waals surface area (Å²) in [6.07, 6.45) is 10.3. The molecule has 0 aliphatic rings. The van der Waals surface area contributed by atoms with Crippen molar-refractivity contribution in [2.45, 2.75) is 76.7 Å². The number of carbonyl (C=O) groups is 2. The Hall–Kier alpha value is -1.10. The van der Waals surface area contributed by atoms with Crippen LogP contribution in [0.4, 0.5) is 0 Å². The van der Waals surface area contributed by atoms with Crippen LogP contribution < -0.4 is 5.73 Å². The van der Waals surface area contributed by atoms with Crippen LogP contribution in [-0.4, -0.2) is 28.2 Å². The molecular weight excluding hydrogens is 246 g/mol. The van der Waals surface area contributed by atoms with E-state index in [-0.39, 0.29) is 6.42 Å². The predicted molar refractivity (Wildman–Crippen MR) is 74.0 cm³/mol. The first-order chi connectivity index (χ1) is 9.04. The van der Waals surface area contributed by atoms with Crippen molar-refractivity contribution in [2.75, 3.05) is 0 Å². The molecule has 1 unspecified atom stereocenters. The molecule has 4 N–H and O–H groups in total. The van der Waals surface area contributed by atoms with Crippen LogP contribution in [0.15, 0.2) is 0 Å². The summed E-state index contributed by atoms with van der Waals surface area (Å²) in [6.45, 7) is 0.